The molecule has 0 saturated heterocycles. The minimum atomic E-state index is 0. The SMILES string of the molecule is [O-2].[S-2].[Zn+2].[Zn+2]. The number of rotatable bonds is 0. The second-order valence-corrected chi connectivity index (χ2v) is 0. The Bertz CT molecular complexity index is 6.00. The van der Waals surface area contributed by atoms with E-state index in [0.29, 0.717) is 0 Å². The molecule has 1 nitrogen and oxygen atoms in total. The third-order valence-corrected chi connectivity index (χ3v) is 0. The predicted molar refractivity (Wildman–Crippen MR) is 8.05 cm³/mol. The molecule has 0 N–H and O–H groups in total. The van der Waals surface area contributed by atoms with Gasteiger partial charge in [-0.2, -0.15) is 0 Å². The zero-order chi connectivity index (χ0) is 0. The van der Waals surface area contributed by atoms with Gasteiger partial charge in [0.2, 0.25) is 0 Å². The minimum absolute atomic E-state index is 0. The summed E-state index contributed by atoms with van der Waals surface area (Å²) in [4.78, 5) is 0. The van der Waals surface area contributed by atoms with Crippen molar-refractivity contribution in [3.8, 4) is 0 Å². The molecule has 0 aromatic rings. The van der Waals surface area contributed by atoms with Crippen LogP contribution in [0.2, 0.25) is 0 Å². The van der Waals surface area contributed by atoms with Crippen LogP contribution in [0.25, 0.3) is 0 Å². The third-order valence-electron chi connectivity index (χ3n) is 0. The van der Waals surface area contributed by atoms with Crippen LogP contribution in [0.1, 0.15) is 0 Å². The fourth-order valence-electron chi connectivity index (χ4n) is 0. The van der Waals surface area contributed by atoms with Gasteiger partial charge in [-0.3, -0.25) is 0 Å². The van der Waals surface area contributed by atoms with Gasteiger partial charge in [-0.1, -0.05) is 0 Å². The predicted octanol–water partition coefficient (Wildman–Crippen LogP) is -0.126. The fraction of sp³-hybridized carbons (Fsp3) is 0. The average molecular weight is 179 g/mol. The Morgan fingerprint density at radius 3 is 0.750 bits per heavy atom. The van der Waals surface area contributed by atoms with Gasteiger partial charge in [0.05, 0.1) is 0 Å². The number of hydrogen-bond donors (Lipinski definition) is 0. The molecule has 0 fully saturated rings. The van der Waals surface area contributed by atoms with Gasteiger partial charge in [-0.05, 0) is 0 Å². The molecule has 4 heteroatoms. The Labute approximate surface area is 57.8 Å². The van der Waals surface area contributed by atoms with Crippen LogP contribution < -0.4 is 0 Å². The minimum Gasteiger partial charge on any atom is -2.00 e. The molecule has 0 unspecified atom stereocenters. The van der Waals surface area contributed by atoms with Gasteiger partial charge in [0.25, 0.3) is 0 Å². The summed E-state index contributed by atoms with van der Waals surface area (Å²) >= 11 is 0. The monoisotopic (exact) mass is 176 g/mol. The first kappa shape index (κ1) is 47.6. The summed E-state index contributed by atoms with van der Waals surface area (Å²) in [5, 5.41) is 0. The van der Waals surface area contributed by atoms with Crippen LogP contribution >= 0.6 is 0 Å². The smallest absolute Gasteiger partial charge is 2.00 e. The standard InChI is InChI=1S/O.S.2Zn/q2*-2;2*+2. The fourth-order valence-corrected chi connectivity index (χ4v) is 0. The molecule has 0 bridgehead atoms. The summed E-state index contributed by atoms with van der Waals surface area (Å²) in [6.45, 7) is 0. The first-order valence-corrected chi connectivity index (χ1v) is 0. The van der Waals surface area contributed by atoms with Gasteiger partial charge < -0.3 is 19.0 Å². The molecular weight excluding hydrogens is 179 g/mol. The molecule has 0 aromatic heterocycles. The largest absolute Gasteiger partial charge is 2.00 e. The molecule has 0 aliphatic heterocycles. The van der Waals surface area contributed by atoms with Crippen molar-refractivity contribution in [2.75, 3.05) is 0 Å². The molecular formula is OSZn2. The first-order valence-electron chi connectivity index (χ1n) is 0. The van der Waals surface area contributed by atoms with Crippen molar-refractivity contribution < 1.29 is 44.4 Å². The zero-order valence-electron chi connectivity index (χ0n) is 2.23. The molecule has 0 rings (SSSR count). The van der Waals surface area contributed by atoms with Gasteiger partial charge in [0.15, 0.2) is 0 Å². The van der Waals surface area contributed by atoms with Gasteiger partial charge in [-0.15, -0.1) is 0 Å². The van der Waals surface area contributed by atoms with Crippen LogP contribution in [0.4, 0.5) is 0 Å². The molecule has 0 amide bonds. The third kappa shape index (κ3) is 9.59. The van der Waals surface area contributed by atoms with E-state index in [1.54, 1.807) is 0 Å². The Kier molecular flexibility index (Phi) is 283. The van der Waals surface area contributed by atoms with Gasteiger partial charge in [0.1, 0.15) is 0 Å². The van der Waals surface area contributed by atoms with Crippen molar-refractivity contribution in [3.05, 3.63) is 0 Å². The summed E-state index contributed by atoms with van der Waals surface area (Å²) in [5.74, 6) is 0. The van der Waals surface area contributed by atoms with Gasteiger partial charge >= 0.3 is 39.0 Å². The van der Waals surface area contributed by atoms with E-state index >= 15 is 0 Å². The van der Waals surface area contributed by atoms with Crippen molar-refractivity contribution in [3.63, 3.8) is 0 Å². The van der Waals surface area contributed by atoms with E-state index in [-0.39, 0.29) is 57.9 Å². The molecule has 0 saturated carbocycles. The quantitative estimate of drug-likeness (QED) is 0.463. The molecule has 0 aromatic carbocycles. The second kappa shape index (κ2) is 23.8. The molecule has 0 radical (unpaired) electrons. The molecule has 16 valence electrons. The van der Waals surface area contributed by atoms with Crippen molar-refractivity contribution >= 4 is 13.5 Å². The van der Waals surface area contributed by atoms with Crippen LogP contribution in [-0.2, 0) is 57.9 Å². The Hall–Kier alpha value is 1.56. The van der Waals surface area contributed by atoms with Crippen molar-refractivity contribution in [2.24, 2.45) is 0 Å². The van der Waals surface area contributed by atoms with Gasteiger partial charge in [0, 0.05) is 0 Å². The second-order valence-electron chi connectivity index (χ2n) is 0. The van der Waals surface area contributed by atoms with Crippen molar-refractivity contribution in [1.29, 1.82) is 0 Å². The maximum atomic E-state index is 0. The Morgan fingerprint density at radius 2 is 0.750 bits per heavy atom. The normalized spacial score (nSPS) is 0. The van der Waals surface area contributed by atoms with E-state index in [2.05, 4.69) is 0 Å². The number of hydrogen-bond acceptors (Lipinski definition) is 0. The topological polar surface area (TPSA) is 28.5 Å². The molecule has 0 atom stereocenters. The molecule has 0 heterocycles. The van der Waals surface area contributed by atoms with Crippen LogP contribution in [0.3, 0.4) is 0 Å². The van der Waals surface area contributed by atoms with E-state index in [0.717, 1.165) is 0 Å². The Morgan fingerprint density at radius 1 is 0.750 bits per heavy atom. The average Bonchev–Trinajstić information content (AvgIpc) is 0. The Balaban J connectivity index is 0. The van der Waals surface area contributed by atoms with Crippen molar-refractivity contribution in [2.45, 2.75) is 0 Å². The molecule has 0 aliphatic carbocycles. The van der Waals surface area contributed by atoms with Crippen LogP contribution in [-0.4, -0.2) is 0 Å². The van der Waals surface area contributed by atoms with E-state index < -0.39 is 0 Å². The molecule has 4 heavy (non-hydrogen) atoms. The summed E-state index contributed by atoms with van der Waals surface area (Å²) in [6.07, 6.45) is 0. The van der Waals surface area contributed by atoms with Crippen LogP contribution in [0.5, 0.6) is 0 Å². The van der Waals surface area contributed by atoms with E-state index in [4.69, 9.17) is 0 Å². The summed E-state index contributed by atoms with van der Waals surface area (Å²) in [6, 6.07) is 0. The van der Waals surface area contributed by atoms with Crippen LogP contribution in [0, 0.1) is 0 Å². The molecule has 0 spiro atoms. The van der Waals surface area contributed by atoms with Crippen LogP contribution in [0.15, 0.2) is 0 Å². The van der Waals surface area contributed by atoms with E-state index in [1.807, 2.05) is 0 Å². The zero-order valence-corrected chi connectivity index (χ0v) is 8.98. The van der Waals surface area contributed by atoms with E-state index in [1.165, 1.54) is 0 Å². The summed E-state index contributed by atoms with van der Waals surface area (Å²) in [5.41, 5.74) is 0. The summed E-state index contributed by atoms with van der Waals surface area (Å²) < 4.78 is 0. The van der Waals surface area contributed by atoms with E-state index in [9.17, 15) is 0 Å². The van der Waals surface area contributed by atoms with Gasteiger partial charge in [-0.25, -0.2) is 0 Å². The summed E-state index contributed by atoms with van der Waals surface area (Å²) in [7, 11) is 0. The maximum Gasteiger partial charge on any atom is 2.00 e. The molecule has 0 aliphatic rings. The maximum absolute atomic E-state index is 0. The van der Waals surface area contributed by atoms with Crippen molar-refractivity contribution in [1.82, 2.24) is 0 Å². The first-order chi connectivity index (χ1) is 0.